The molecule has 0 radical (unpaired) electrons. The first-order chi connectivity index (χ1) is 17.1. The summed E-state index contributed by atoms with van der Waals surface area (Å²) in [7, 11) is -3.55. The number of aromatic nitrogens is 2. The van der Waals surface area contributed by atoms with E-state index in [-0.39, 0.29) is 6.04 Å². The van der Waals surface area contributed by atoms with Gasteiger partial charge in [-0.3, -0.25) is 9.88 Å². The molecule has 4 heterocycles. The van der Waals surface area contributed by atoms with Gasteiger partial charge < -0.3 is 9.88 Å². The van der Waals surface area contributed by atoms with Crippen molar-refractivity contribution in [1.82, 2.24) is 19.2 Å². The SMILES string of the molecule is O=S(=O)(c1cccc2cnccc12)N1CCC[C@@H]1CCN1CCN(c2cccc3[nH]ccc23)CC1. The van der Waals surface area contributed by atoms with E-state index in [0.29, 0.717) is 11.4 Å². The number of hydrogen-bond acceptors (Lipinski definition) is 5. The van der Waals surface area contributed by atoms with Gasteiger partial charge in [0.25, 0.3) is 0 Å². The van der Waals surface area contributed by atoms with Gasteiger partial charge in [0.05, 0.1) is 4.90 Å². The topological polar surface area (TPSA) is 72.5 Å². The molecule has 2 aliphatic rings. The molecule has 35 heavy (non-hydrogen) atoms. The summed E-state index contributed by atoms with van der Waals surface area (Å²) in [4.78, 5) is 12.8. The van der Waals surface area contributed by atoms with Crippen LogP contribution in [0.3, 0.4) is 0 Å². The maximum atomic E-state index is 13.7. The smallest absolute Gasteiger partial charge is 0.243 e. The molecule has 1 N–H and O–H groups in total. The van der Waals surface area contributed by atoms with Crippen molar-refractivity contribution in [3.05, 3.63) is 67.1 Å². The Morgan fingerprint density at radius 2 is 1.80 bits per heavy atom. The Hall–Kier alpha value is -2.94. The number of H-pyrrole nitrogens is 1. The molecule has 2 saturated heterocycles. The van der Waals surface area contributed by atoms with E-state index in [9.17, 15) is 8.42 Å². The molecule has 0 unspecified atom stereocenters. The van der Waals surface area contributed by atoms with Crippen LogP contribution in [0.5, 0.6) is 0 Å². The maximum Gasteiger partial charge on any atom is 0.243 e. The van der Waals surface area contributed by atoms with Crippen LogP contribution in [0, 0.1) is 0 Å². The molecule has 1 atom stereocenters. The first-order valence-corrected chi connectivity index (χ1v) is 13.9. The summed E-state index contributed by atoms with van der Waals surface area (Å²) < 4.78 is 29.1. The fourth-order valence-electron chi connectivity index (χ4n) is 5.75. The standard InChI is InChI=1S/C27H31N5O2S/c33-35(34,27-8-1-4-21-20-28-12-9-23(21)27)32-14-3-5-22(32)11-15-30-16-18-31(19-17-30)26-7-2-6-25-24(26)10-13-29-25/h1-2,4,6-10,12-13,20,22,29H,3,5,11,14-19H2/t22-/m1/s1. The highest BCUT2D eigenvalue weighted by Crippen LogP contribution is 2.32. The Bertz CT molecular complexity index is 1440. The van der Waals surface area contributed by atoms with Gasteiger partial charge in [0.2, 0.25) is 10.0 Å². The summed E-state index contributed by atoms with van der Waals surface area (Å²) in [5, 5.41) is 2.89. The van der Waals surface area contributed by atoms with Crippen molar-refractivity contribution in [3.63, 3.8) is 0 Å². The minimum Gasteiger partial charge on any atom is -0.368 e. The number of pyridine rings is 1. The van der Waals surface area contributed by atoms with Gasteiger partial charge in [0.15, 0.2) is 0 Å². The van der Waals surface area contributed by atoms with Crippen molar-refractivity contribution in [2.45, 2.75) is 30.2 Å². The second kappa shape index (κ2) is 9.26. The van der Waals surface area contributed by atoms with Crippen molar-refractivity contribution in [2.75, 3.05) is 44.2 Å². The van der Waals surface area contributed by atoms with E-state index in [4.69, 9.17) is 0 Å². The molecule has 0 amide bonds. The van der Waals surface area contributed by atoms with Crippen molar-refractivity contribution < 1.29 is 8.42 Å². The van der Waals surface area contributed by atoms with Crippen LogP contribution in [0.15, 0.2) is 72.0 Å². The van der Waals surface area contributed by atoms with Gasteiger partial charge in [-0.25, -0.2) is 8.42 Å². The Morgan fingerprint density at radius 1 is 0.943 bits per heavy atom. The van der Waals surface area contributed by atoms with Gasteiger partial charge in [-0.05, 0) is 56.1 Å². The van der Waals surface area contributed by atoms with E-state index in [1.807, 2.05) is 18.3 Å². The minimum atomic E-state index is -3.55. The van der Waals surface area contributed by atoms with Gasteiger partial charge >= 0.3 is 0 Å². The van der Waals surface area contributed by atoms with Gasteiger partial charge in [0.1, 0.15) is 0 Å². The van der Waals surface area contributed by atoms with E-state index in [0.717, 1.165) is 62.8 Å². The van der Waals surface area contributed by atoms with E-state index < -0.39 is 10.0 Å². The average Bonchev–Trinajstić information content (AvgIpc) is 3.57. The molecule has 2 fully saturated rings. The van der Waals surface area contributed by atoms with Gasteiger partial charge in [-0.1, -0.05) is 18.2 Å². The number of benzene rings is 2. The third-order valence-corrected chi connectivity index (χ3v) is 9.62. The van der Waals surface area contributed by atoms with Crippen LogP contribution >= 0.6 is 0 Å². The number of hydrogen-bond donors (Lipinski definition) is 1. The molecule has 0 bridgehead atoms. The summed E-state index contributed by atoms with van der Waals surface area (Å²) in [5.74, 6) is 0. The molecule has 4 aromatic rings. The molecular formula is C27H31N5O2S. The number of rotatable bonds is 6. The van der Waals surface area contributed by atoms with E-state index in [2.05, 4.69) is 44.0 Å². The van der Waals surface area contributed by atoms with Crippen molar-refractivity contribution in [3.8, 4) is 0 Å². The van der Waals surface area contributed by atoms with E-state index in [1.165, 1.54) is 16.6 Å². The Kier molecular flexibility index (Phi) is 5.96. The minimum absolute atomic E-state index is 0.0590. The second-order valence-electron chi connectivity index (χ2n) is 9.60. The number of anilines is 1. The summed E-state index contributed by atoms with van der Waals surface area (Å²) >= 11 is 0. The zero-order valence-electron chi connectivity index (χ0n) is 19.8. The number of nitrogens with one attached hydrogen (secondary N) is 1. The van der Waals surface area contributed by atoms with Gasteiger partial charge in [-0.2, -0.15) is 4.31 Å². The Labute approximate surface area is 206 Å². The van der Waals surface area contributed by atoms with Crippen molar-refractivity contribution in [1.29, 1.82) is 0 Å². The average molecular weight is 490 g/mol. The predicted molar refractivity (Wildman–Crippen MR) is 140 cm³/mol. The molecule has 182 valence electrons. The number of nitrogens with zero attached hydrogens (tertiary/aromatic N) is 4. The number of fused-ring (bicyclic) bond motifs is 2. The molecule has 2 aromatic heterocycles. The van der Waals surface area contributed by atoms with Crippen LogP contribution in [-0.2, 0) is 10.0 Å². The van der Waals surface area contributed by atoms with Crippen LogP contribution in [0.4, 0.5) is 5.69 Å². The van der Waals surface area contributed by atoms with Crippen LogP contribution < -0.4 is 4.90 Å². The molecule has 0 saturated carbocycles. The first kappa shape index (κ1) is 22.5. The van der Waals surface area contributed by atoms with Crippen LogP contribution in [-0.4, -0.2) is 72.9 Å². The van der Waals surface area contributed by atoms with Crippen LogP contribution in [0.25, 0.3) is 21.7 Å². The summed E-state index contributed by atoms with van der Waals surface area (Å²) in [6.07, 6.45) is 8.12. The lowest BCUT2D eigenvalue weighted by Crippen LogP contribution is -2.47. The fourth-order valence-corrected chi connectivity index (χ4v) is 7.69. The summed E-state index contributed by atoms with van der Waals surface area (Å²) in [5.41, 5.74) is 2.47. The molecule has 6 rings (SSSR count). The highest BCUT2D eigenvalue weighted by Gasteiger charge is 2.36. The van der Waals surface area contributed by atoms with Gasteiger partial charge in [-0.15, -0.1) is 0 Å². The molecule has 8 heteroatoms. The normalized spacial score (nSPS) is 20.2. The molecule has 7 nitrogen and oxygen atoms in total. The molecule has 2 aromatic carbocycles. The largest absolute Gasteiger partial charge is 0.368 e. The lowest BCUT2D eigenvalue weighted by atomic mass is 10.1. The van der Waals surface area contributed by atoms with Crippen LogP contribution in [0.2, 0.25) is 0 Å². The zero-order chi connectivity index (χ0) is 23.8. The maximum absolute atomic E-state index is 13.7. The second-order valence-corrected chi connectivity index (χ2v) is 11.5. The summed E-state index contributed by atoms with van der Waals surface area (Å²) in [6, 6.07) is 15.9. The molecule has 0 spiro atoms. The van der Waals surface area contributed by atoms with E-state index in [1.54, 1.807) is 28.8 Å². The lowest BCUT2D eigenvalue weighted by molar-refractivity contribution is 0.232. The van der Waals surface area contributed by atoms with E-state index >= 15 is 0 Å². The first-order valence-electron chi connectivity index (χ1n) is 12.5. The molecular weight excluding hydrogens is 458 g/mol. The fraction of sp³-hybridized carbons (Fsp3) is 0.370. The third-order valence-electron chi connectivity index (χ3n) is 7.61. The third kappa shape index (κ3) is 4.20. The summed E-state index contributed by atoms with van der Waals surface area (Å²) in [6.45, 7) is 5.50. The Morgan fingerprint density at radius 3 is 2.69 bits per heavy atom. The van der Waals surface area contributed by atoms with Crippen molar-refractivity contribution >= 4 is 37.4 Å². The number of sulfonamides is 1. The Balaban J connectivity index is 1.11. The van der Waals surface area contributed by atoms with Crippen LogP contribution in [0.1, 0.15) is 19.3 Å². The predicted octanol–water partition coefficient (Wildman–Crippen LogP) is 4.08. The molecule has 0 aliphatic carbocycles. The lowest BCUT2D eigenvalue weighted by Gasteiger charge is -2.37. The number of aromatic amines is 1. The monoisotopic (exact) mass is 489 g/mol. The highest BCUT2D eigenvalue weighted by atomic mass is 32.2. The highest BCUT2D eigenvalue weighted by molar-refractivity contribution is 7.89. The molecule has 2 aliphatic heterocycles. The quantitative estimate of drug-likeness (QED) is 0.442. The van der Waals surface area contributed by atoms with Crippen molar-refractivity contribution in [2.24, 2.45) is 0 Å². The van der Waals surface area contributed by atoms with Gasteiger partial charge in [0, 0.05) is 84.7 Å². The zero-order valence-corrected chi connectivity index (χ0v) is 20.6. The number of piperazine rings is 1.